The molecule has 5 nitrogen and oxygen atoms in total. The van der Waals surface area contributed by atoms with Crippen LogP contribution in [0.2, 0.25) is 0 Å². The van der Waals surface area contributed by atoms with Crippen molar-refractivity contribution in [2.45, 2.75) is 20.8 Å². The number of carbonyl (C=O) groups excluding carboxylic acids is 3. The number of ketones is 1. The first kappa shape index (κ1) is 20.5. The molecule has 148 valence electrons. The highest BCUT2D eigenvalue weighted by atomic mass is 32.1. The summed E-state index contributed by atoms with van der Waals surface area (Å²) in [7, 11) is 0. The molecule has 0 unspecified atom stereocenters. The van der Waals surface area contributed by atoms with Crippen LogP contribution < -0.4 is 5.32 Å². The summed E-state index contributed by atoms with van der Waals surface area (Å²) in [6.07, 6.45) is 0. The zero-order chi connectivity index (χ0) is 21.0. The number of anilines is 1. The van der Waals surface area contributed by atoms with E-state index < -0.39 is 5.97 Å². The van der Waals surface area contributed by atoms with Crippen molar-refractivity contribution in [2.24, 2.45) is 0 Å². The fraction of sp³-hybridized carbons (Fsp3) is 0.174. The van der Waals surface area contributed by atoms with E-state index in [1.54, 1.807) is 55.5 Å². The molecule has 3 aromatic rings. The summed E-state index contributed by atoms with van der Waals surface area (Å²) >= 11 is 1.34. The van der Waals surface area contributed by atoms with Gasteiger partial charge in [0.15, 0.2) is 5.78 Å². The first-order chi connectivity index (χ1) is 13.9. The van der Waals surface area contributed by atoms with E-state index in [1.807, 2.05) is 19.9 Å². The Hall–Kier alpha value is -3.25. The van der Waals surface area contributed by atoms with Gasteiger partial charge in [-0.05, 0) is 38.5 Å². The van der Waals surface area contributed by atoms with Crippen LogP contribution >= 0.6 is 11.3 Å². The van der Waals surface area contributed by atoms with Crippen molar-refractivity contribution in [1.82, 2.24) is 0 Å². The van der Waals surface area contributed by atoms with E-state index >= 15 is 0 Å². The van der Waals surface area contributed by atoms with E-state index in [1.165, 1.54) is 11.3 Å². The predicted octanol–water partition coefficient (Wildman–Crippen LogP) is 5.02. The minimum absolute atomic E-state index is 0.105. The smallest absolute Gasteiger partial charge is 0.341 e. The van der Waals surface area contributed by atoms with Gasteiger partial charge in [0.05, 0.1) is 12.2 Å². The van der Waals surface area contributed by atoms with Crippen LogP contribution in [0.3, 0.4) is 0 Å². The fourth-order valence-electron chi connectivity index (χ4n) is 2.87. The number of carbonyl (C=O) groups is 3. The molecule has 0 fully saturated rings. The highest BCUT2D eigenvalue weighted by Gasteiger charge is 2.22. The minimum Gasteiger partial charge on any atom is -0.462 e. The fourth-order valence-corrected chi connectivity index (χ4v) is 3.91. The lowest BCUT2D eigenvalue weighted by Gasteiger charge is -2.08. The third-order valence-electron chi connectivity index (χ3n) is 4.54. The second-order valence-corrected chi connectivity index (χ2v) is 7.66. The van der Waals surface area contributed by atoms with Gasteiger partial charge < -0.3 is 10.1 Å². The zero-order valence-electron chi connectivity index (χ0n) is 16.4. The van der Waals surface area contributed by atoms with Gasteiger partial charge in [-0.15, -0.1) is 11.3 Å². The molecule has 0 aliphatic heterocycles. The van der Waals surface area contributed by atoms with E-state index in [0.29, 0.717) is 27.3 Å². The molecule has 0 radical (unpaired) electrons. The molecule has 1 aromatic heterocycles. The van der Waals surface area contributed by atoms with Crippen molar-refractivity contribution in [3.05, 3.63) is 87.3 Å². The van der Waals surface area contributed by atoms with E-state index in [2.05, 4.69) is 5.32 Å². The van der Waals surface area contributed by atoms with Gasteiger partial charge in [-0.2, -0.15) is 0 Å². The molecule has 29 heavy (non-hydrogen) atoms. The van der Waals surface area contributed by atoms with Gasteiger partial charge in [-0.3, -0.25) is 9.59 Å². The summed E-state index contributed by atoms with van der Waals surface area (Å²) in [5.41, 5.74) is 2.68. The Morgan fingerprint density at radius 1 is 0.897 bits per heavy atom. The monoisotopic (exact) mass is 407 g/mol. The Morgan fingerprint density at radius 3 is 2.10 bits per heavy atom. The van der Waals surface area contributed by atoms with Crippen molar-refractivity contribution in [3.8, 4) is 0 Å². The van der Waals surface area contributed by atoms with Crippen LogP contribution in [0.5, 0.6) is 0 Å². The van der Waals surface area contributed by atoms with Crippen molar-refractivity contribution < 1.29 is 19.1 Å². The average molecular weight is 407 g/mol. The molecule has 0 aliphatic carbocycles. The van der Waals surface area contributed by atoms with Crippen LogP contribution in [0.15, 0.2) is 54.6 Å². The predicted molar refractivity (Wildman–Crippen MR) is 114 cm³/mol. The molecule has 2 aromatic carbocycles. The highest BCUT2D eigenvalue weighted by Crippen LogP contribution is 2.33. The Labute approximate surface area is 173 Å². The molecule has 0 aliphatic rings. The summed E-state index contributed by atoms with van der Waals surface area (Å²) in [4.78, 5) is 38.4. The topological polar surface area (TPSA) is 72.5 Å². The Morgan fingerprint density at radius 2 is 1.48 bits per heavy atom. The second-order valence-electron chi connectivity index (χ2n) is 6.43. The second kappa shape index (κ2) is 8.84. The standard InChI is InChI=1S/C23H21NO4S/c1-4-28-23(27)19-14(2)15(3)29-22(19)24-21(26)18-12-10-17(11-13-18)20(25)16-8-6-5-7-9-16/h5-13H,4H2,1-3H3,(H,24,26). The molecule has 0 saturated carbocycles. The average Bonchev–Trinajstić information content (AvgIpc) is 3.01. The van der Waals surface area contributed by atoms with Gasteiger partial charge >= 0.3 is 5.97 Å². The number of esters is 1. The first-order valence-electron chi connectivity index (χ1n) is 9.20. The van der Waals surface area contributed by atoms with Gasteiger partial charge in [0, 0.05) is 21.6 Å². The third-order valence-corrected chi connectivity index (χ3v) is 5.66. The van der Waals surface area contributed by atoms with Crippen LogP contribution in [-0.2, 0) is 4.74 Å². The number of amides is 1. The van der Waals surface area contributed by atoms with E-state index in [9.17, 15) is 14.4 Å². The van der Waals surface area contributed by atoms with E-state index in [-0.39, 0.29) is 18.3 Å². The number of thiophene rings is 1. The van der Waals surface area contributed by atoms with Crippen molar-refractivity contribution >= 4 is 34.0 Å². The maximum Gasteiger partial charge on any atom is 0.341 e. The zero-order valence-corrected chi connectivity index (χ0v) is 17.3. The normalized spacial score (nSPS) is 10.4. The minimum atomic E-state index is -0.451. The molecule has 1 amide bonds. The SMILES string of the molecule is CCOC(=O)c1c(NC(=O)c2ccc(C(=O)c3ccccc3)cc2)sc(C)c1C. The van der Waals surface area contributed by atoms with E-state index in [0.717, 1.165) is 10.4 Å². The molecule has 1 N–H and O–H groups in total. The van der Waals surface area contributed by atoms with Gasteiger partial charge in [0.2, 0.25) is 0 Å². The van der Waals surface area contributed by atoms with Crippen molar-refractivity contribution in [1.29, 1.82) is 0 Å². The highest BCUT2D eigenvalue weighted by molar-refractivity contribution is 7.16. The lowest BCUT2D eigenvalue weighted by atomic mass is 10.0. The Balaban J connectivity index is 1.79. The summed E-state index contributed by atoms with van der Waals surface area (Å²) < 4.78 is 5.11. The summed E-state index contributed by atoms with van der Waals surface area (Å²) in [5.74, 6) is -0.907. The molecule has 0 saturated heterocycles. The van der Waals surface area contributed by atoms with Crippen LogP contribution in [-0.4, -0.2) is 24.3 Å². The van der Waals surface area contributed by atoms with Crippen LogP contribution in [0.25, 0.3) is 0 Å². The molecule has 1 heterocycles. The maximum absolute atomic E-state index is 12.7. The quantitative estimate of drug-likeness (QED) is 0.460. The van der Waals surface area contributed by atoms with Crippen molar-refractivity contribution in [3.63, 3.8) is 0 Å². The van der Waals surface area contributed by atoms with Crippen LogP contribution in [0.4, 0.5) is 5.00 Å². The molecule has 6 heteroatoms. The summed E-state index contributed by atoms with van der Waals surface area (Å²) in [6.45, 7) is 5.72. The van der Waals surface area contributed by atoms with Crippen molar-refractivity contribution in [2.75, 3.05) is 11.9 Å². The van der Waals surface area contributed by atoms with Gasteiger partial charge in [0.1, 0.15) is 5.00 Å². The van der Waals surface area contributed by atoms with Crippen LogP contribution in [0, 0.1) is 13.8 Å². The largest absolute Gasteiger partial charge is 0.462 e. The number of benzene rings is 2. The number of rotatable bonds is 6. The Bertz CT molecular complexity index is 1050. The number of aryl methyl sites for hydroxylation is 1. The summed E-state index contributed by atoms with van der Waals surface area (Å²) in [6, 6.07) is 15.4. The van der Waals surface area contributed by atoms with Crippen LogP contribution in [0.1, 0.15) is 54.0 Å². The van der Waals surface area contributed by atoms with Gasteiger partial charge in [0.25, 0.3) is 5.91 Å². The van der Waals surface area contributed by atoms with E-state index in [4.69, 9.17) is 4.74 Å². The van der Waals surface area contributed by atoms with Gasteiger partial charge in [-0.25, -0.2) is 4.79 Å². The summed E-state index contributed by atoms with van der Waals surface area (Å²) in [5, 5.41) is 3.27. The molecule has 3 rings (SSSR count). The lowest BCUT2D eigenvalue weighted by molar-refractivity contribution is 0.0527. The number of ether oxygens (including phenoxy) is 1. The number of hydrogen-bond donors (Lipinski definition) is 1. The molecule has 0 atom stereocenters. The lowest BCUT2D eigenvalue weighted by Crippen LogP contribution is -2.15. The first-order valence-corrected chi connectivity index (χ1v) is 10.0. The number of hydrogen-bond acceptors (Lipinski definition) is 5. The molecular formula is C23H21NO4S. The molecule has 0 spiro atoms. The molecule has 0 bridgehead atoms. The third kappa shape index (κ3) is 4.43. The van der Waals surface area contributed by atoms with Gasteiger partial charge in [-0.1, -0.05) is 42.5 Å². The maximum atomic E-state index is 12.7. The number of nitrogens with one attached hydrogen (secondary N) is 1. The Kier molecular flexibility index (Phi) is 6.24. The molecular weight excluding hydrogens is 386 g/mol.